The number of anilines is 2. The van der Waals surface area contributed by atoms with Crippen LogP contribution in [0.4, 0.5) is 10.3 Å². The van der Waals surface area contributed by atoms with E-state index in [1.165, 1.54) is 11.3 Å². The van der Waals surface area contributed by atoms with Crippen LogP contribution in [-0.4, -0.2) is 28.8 Å². The van der Waals surface area contributed by atoms with Gasteiger partial charge in [0.15, 0.2) is 0 Å². The van der Waals surface area contributed by atoms with Crippen LogP contribution >= 0.6 is 11.3 Å². The number of hydrogen-bond acceptors (Lipinski definition) is 7. The van der Waals surface area contributed by atoms with E-state index in [-0.39, 0.29) is 0 Å². The van der Waals surface area contributed by atoms with Crippen molar-refractivity contribution in [2.45, 2.75) is 25.4 Å². The molecular formula is C7H14N6S. The fourth-order valence-corrected chi connectivity index (χ4v) is 1.97. The predicted molar refractivity (Wildman–Crippen MR) is 56.9 cm³/mol. The molecule has 1 fully saturated rings. The van der Waals surface area contributed by atoms with Crippen molar-refractivity contribution in [3.63, 3.8) is 0 Å². The molecule has 6 nitrogen and oxygen atoms in total. The van der Waals surface area contributed by atoms with Crippen molar-refractivity contribution in [1.82, 2.24) is 21.0 Å². The molecule has 7 heteroatoms. The number of hydrogen-bond donors (Lipinski definition) is 4. The molecule has 5 N–H and O–H groups in total. The fraction of sp³-hybridized carbons (Fsp3) is 0.714. The minimum atomic E-state index is 0.378. The summed E-state index contributed by atoms with van der Waals surface area (Å²) in [6.07, 6.45) is 1.04. The van der Waals surface area contributed by atoms with Crippen LogP contribution in [-0.2, 0) is 0 Å². The highest BCUT2D eigenvalue weighted by Gasteiger charge is 2.25. The van der Waals surface area contributed by atoms with Gasteiger partial charge in [-0.25, -0.2) is 0 Å². The average molecular weight is 214 g/mol. The van der Waals surface area contributed by atoms with E-state index < -0.39 is 0 Å². The second-order valence-corrected chi connectivity index (χ2v) is 4.25. The van der Waals surface area contributed by atoms with Gasteiger partial charge in [-0.3, -0.25) is 10.9 Å². The van der Waals surface area contributed by atoms with Gasteiger partial charge in [0.25, 0.3) is 0 Å². The number of nitrogens with two attached hydrogens (primary N) is 1. The lowest BCUT2D eigenvalue weighted by Gasteiger charge is -2.35. The zero-order valence-electron chi connectivity index (χ0n) is 7.95. The van der Waals surface area contributed by atoms with Gasteiger partial charge in [0.05, 0.1) is 6.04 Å². The van der Waals surface area contributed by atoms with E-state index in [0.29, 0.717) is 17.2 Å². The summed E-state index contributed by atoms with van der Waals surface area (Å²) in [4.78, 5) is 0. The van der Waals surface area contributed by atoms with Crippen molar-refractivity contribution in [2.24, 2.45) is 0 Å². The molecule has 2 heterocycles. The second-order valence-electron chi connectivity index (χ2n) is 3.24. The summed E-state index contributed by atoms with van der Waals surface area (Å²) >= 11 is 1.38. The van der Waals surface area contributed by atoms with Gasteiger partial charge >= 0.3 is 0 Å². The van der Waals surface area contributed by atoms with Crippen LogP contribution < -0.4 is 21.9 Å². The first-order valence-corrected chi connectivity index (χ1v) is 5.45. The Labute approximate surface area is 86.3 Å². The van der Waals surface area contributed by atoms with Gasteiger partial charge in [0.2, 0.25) is 10.3 Å². The van der Waals surface area contributed by atoms with E-state index in [0.717, 1.165) is 18.1 Å². The molecule has 2 rings (SSSR count). The Kier molecular flexibility index (Phi) is 2.80. The summed E-state index contributed by atoms with van der Waals surface area (Å²) in [6, 6.07) is 0.841. The molecule has 0 amide bonds. The number of rotatable bonds is 4. The predicted octanol–water partition coefficient (Wildman–Crippen LogP) is -0.213. The van der Waals surface area contributed by atoms with Crippen molar-refractivity contribution in [3.05, 3.63) is 0 Å². The molecule has 1 aromatic heterocycles. The van der Waals surface area contributed by atoms with Crippen molar-refractivity contribution in [1.29, 1.82) is 0 Å². The van der Waals surface area contributed by atoms with Crippen LogP contribution in [0.5, 0.6) is 0 Å². The average Bonchev–Trinajstić information content (AvgIpc) is 2.47. The first-order chi connectivity index (χ1) is 6.79. The molecule has 78 valence electrons. The second kappa shape index (κ2) is 4.07. The third-order valence-corrected chi connectivity index (χ3v) is 2.97. The Bertz CT molecular complexity index is 296. The summed E-state index contributed by atoms with van der Waals surface area (Å²) in [6.45, 7) is 3.13. The SMILES string of the molecule is CCC(Nc1nnc(N)s1)[C@H]1CNN1. The number of nitrogen functional groups attached to an aromatic ring is 1. The molecule has 1 aliphatic heterocycles. The minimum absolute atomic E-state index is 0.378. The minimum Gasteiger partial charge on any atom is -0.374 e. The first kappa shape index (κ1) is 9.63. The van der Waals surface area contributed by atoms with Gasteiger partial charge in [-0.05, 0) is 6.42 Å². The van der Waals surface area contributed by atoms with E-state index in [4.69, 9.17) is 5.73 Å². The molecule has 1 saturated heterocycles. The molecule has 1 aliphatic rings. The summed E-state index contributed by atoms with van der Waals surface area (Å²) in [5.41, 5.74) is 11.7. The lowest BCUT2D eigenvalue weighted by molar-refractivity contribution is 0.266. The van der Waals surface area contributed by atoms with Crippen molar-refractivity contribution in [3.8, 4) is 0 Å². The maximum absolute atomic E-state index is 5.50. The lowest BCUT2D eigenvalue weighted by atomic mass is 10.0. The Balaban J connectivity index is 1.93. The van der Waals surface area contributed by atoms with Crippen molar-refractivity contribution >= 4 is 21.6 Å². The Morgan fingerprint density at radius 3 is 2.93 bits per heavy atom. The molecule has 0 bridgehead atoms. The maximum atomic E-state index is 5.50. The quantitative estimate of drug-likeness (QED) is 0.554. The van der Waals surface area contributed by atoms with Crippen LogP contribution in [0, 0.1) is 0 Å². The number of nitrogens with zero attached hydrogens (tertiary/aromatic N) is 2. The van der Waals surface area contributed by atoms with Gasteiger partial charge in [-0.2, -0.15) is 0 Å². The van der Waals surface area contributed by atoms with Gasteiger partial charge < -0.3 is 11.1 Å². The zero-order chi connectivity index (χ0) is 9.97. The molecule has 2 atom stereocenters. The monoisotopic (exact) mass is 214 g/mol. The molecule has 14 heavy (non-hydrogen) atoms. The molecule has 1 aromatic rings. The highest BCUT2D eigenvalue weighted by atomic mass is 32.1. The van der Waals surface area contributed by atoms with Gasteiger partial charge in [0.1, 0.15) is 0 Å². The van der Waals surface area contributed by atoms with E-state index in [1.807, 2.05) is 0 Å². The number of nitrogens with one attached hydrogen (secondary N) is 3. The van der Waals surface area contributed by atoms with Crippen molar-refractivity contribution in [2.75, 3.05) is 17.6 Å². The fourth-order valence-electron chi connectivity index (χ4n) is 1.40. The molecule has 0 spiro atoms. The molecule has 0 aromatic carbocycles. The van der Waals surface area contributed by atoms with Crippen molar-refractivity contribution < 1.29 is 0 Å². The van der Waals surface area contributed by atoms with Crippen LogP contribution in [0.2, 0.25) is 0 Å². The largest absolute Gasteiger partial charge is 0.374 e. The van der Waals surface area contributed by atoms with E-state index in [9.17, 15) is 0 Å². The van der Waals surface area contributed by atoms with Crippen LogP contribution in [0.15, 0.2) is 0 Å². The van der Waals surface area contributed by atoms with E-state index in [1.54, 1.807) is 0 Å². The number of hydrazine groups is 1. The maximum Gasteiger partial charge on any atom is 0.207 e. The third-order valence-electron chi connectivity index (χ3n) is 2.28. The normalized spacial score (nSPS) is 22.8. The molecular weight excluding hydrogens is 200 g/mol. The van der Waals surface area contributed by atoms with Gasteiger partial charge in [-0.1, -0.05) is 18.3 Å². The van der Waals surface area contributed by atoms with Crippen LogP contribution in [0.3, 0.4) is 0 Å². The lowest BCUT2D eigenvalue weighted by Crippen LogP contribution is -2.65. The molecule has 0 aliphatic carbocycles. The number of aromatic nitrogens is 2. The zero-order valence-corrected chi connectivity index (χ0v) is 8.77. The Morgan fingerprint density at radius 2 is 2.50 bits per heavy atom. The molecule has 0 saturated carbocycles. The first-order valence-electron chi connectivity index (χ1n) is 4.63. The van der Waals surface area contributed by atoms with E-state index >= 15 is 0 Å². The summed E-state index contributed by atoms with van der Waals surface area (Å²) in [7, 11) is 0. The summed E-state index contributed by atoms with van der Waals surface area (Å²) in [5, 5.41) is 12.3. The Morgan fingerprint density at radius 1 is 1.71 bits per heavy atom. The van der Waals surface area contributed by atoms with Gasteiger partial charge in [0, 0.05) is 12.6 Å². The molecule has 1 unspecified atom stereocenters. The van der Waals surface area contributed by atoms with Crippen LogP contribution in [0.1, 0.15) is 13.3 Å². The smallest absolute Gasteiger partial charge is 0.207 e. The van der Waals surface area contributed by atoms with Gasteiger partial charge in [-0.15, -0.1) is 10.2 Å². The van der Waals surface area contributed by atoms with E-state index in [2.05, 4.69) is 33.3 Å². The standard InChI is InChI=1S/C7H14N6S/c1-2-4(5-3-9-11-5)10-7-13-12-6(8)14-7/h4-5,9,11H,2-3H2,1H3,(H2,8,12)(H,10,13)/t4?,5-/m1/s1. The topological polar surface area (TPSA) is 87.9 Å². The highest BCUT2D eigenvalue weighted by Crippen LogP contribution is 2.19. The third kappa shape index (κ3) is 1.94. The highest BCUT2D eigenvalue weighted by molar-refractivity contribution is 7.18. The van der Waals surface area contributed by atoms with Crippen LogP contribution in [0.25, 0.3) is 0 Å². The molecule has 0 radical (unpaired) electrons. The Hall–Kier alpha value is -0.920. The summed E-state index contributed by atoms with van der Waals surface area (Å²) in [5.74, 6) is 0. The summed E-state index contributed by atoms with van der Waals surface area (Å²) < 4.78 is 0.